The molecule has 3 aromatic carbocycles. The lowest BCUT2D eigenvalue weighted by Gasteiger charge is -2.13. The summed E-state index contributed by atoms with van der Waals surface area (Å²) >= 11 is 6.86. The maximum Gasteiger partial charge on any atom is 0.0460 e. The van der Waals surface area contributed by atoms with Crippen molar-refractivity contribution in [1.82, 2.24) is 0 Å². The van der Waals surface area contributed by atoms with Gasteiger partial charge in [-0.05, 0) is 22.3 Å². The van der Waals surface area contributed by atoms with Gasteiger partial charge in [-0.3, -0.25) is 0 Å². The van der Waals surface area contributed by atoms with Gasteiger partial charge in [0.25, 0.3) is 0 Å². The molecule has 0 N–H and O–H groups in total. The molecule has 0 aromatic heterocycles. The first kappa shape index (κ1) is 13.4. The van der Waals surface area contributed by atoms with E-state index in [1.165, 1.54) is 22.3 Å². The highest BCUT2D eigenvalue weighted by Gasteiger charge is 2.31. The molecule has 1 heteroatoms. The maximum absolute atomic E-state index is 6.86. The Morgan fingerprint density at radius 3 is 1.95 bits per heavy atom. The fraction of sp³-hybridized carbons (Fsp3) is 0.0476. The van der Waals surface area contributed by atoms with Crippen molar-refractivity contribution in [1.29, 1.82) is 0 Å². The van der Waals surface area contributed by atoms with E-state index in [0.29, 0.717) is 0 Å². The molecule has 0 saturated heterocycles. The van der Waals surface area contributed by atoms with Crippen LogP contribution < -0.4 is 0 Å². The predicted octanol–water partition coefficient (Wildman–Crippen LogP) is 5.83. The van der Waals surface area contributed by atoms with Crippen molar-refractivity contribution in [2.45, 2.75) is 5.92 Å². The molecule has 1 aliphatic rings. The summed E-state index contributed by atoms with van der Waals surface area (Å²) in [5.41, 5.74) is 6.11. The lowest BCUT2D eigenvalue weighted by Crippen LogP contribution is -1.97. The molecule has 0 heterocycles. The normalized spacial score (nSPS) is 16.7. The quantitative estimate of drug-likeness (QED) is 0.558. The highest BCUT2D eigenvalue weighted by atomic mass is 35.5. The molecule has 1 aliphatic carbocycles. The lowest BCUT2D eigenvalue weighted by atomic mass is 9.93. The van der Waals surface area contributed by atoms with Crippen molar-refractivity contribution < 1.29 is 0 Å². The van der Waals surface area contributed by atoms with E-state index in [2.05, 4.69) is 72.8 Å². The lowest BCUT2D eigenvalue weighted by molar-refractivity contribution is 1.03. The molecule has 4 rings (SSSR count). The van der Waals surface area contributed by atoms with Crippen molar-refractivity contribution >= 4 is 17.2 Å². The van der Waals surface area contributed by atoms with Gasteiger partial charge in [0.05, 0.1) is 0 Å². The number of hydrogen-bond acceptors (Lipinski definition) is 0. The number of benzene rings is 3. The summed E-state index contributed by atoms with van der Waals surface area (Å²) < 4.78 is 0. The molecule has 3 aromatic rings. The number of fused-ring (bicyclic) bond motifs is 1. The molecule has 0 nitrogen and oxygen atoms in total. The van der Waals surface area contributed by atoms with Crippen LogP contribution in [0.4, 0.5) is 0 Å². The van der Waals surface area contributed by atoms with Crippen LogP contribution >= 0.6 is 11.6 Å². The smallest absolute Gasteiger partial charge is 0.0460 e. The Kier molecular flexibility index (Phi) is 3.32. The van der Waals surface area contributed by atoms with Gasteiger partial charge in [-0.25, -0.2) is 0 Å². The average Bonchev–Trinajstić information content (AvgIpc) is 2.88. The Hall–Kier alpha value is -2.31. The molecule has 1 atom stereocenters. The summed E-state index contributed by atoms with van der Waals surface area (Å²) in [5, 5.41) is 0.915. The van der Waals surface area contributed by atoms with Gasteiger partial charge in [0.2, 0.25) is 0 Å². The summed E-state index contributed by atoms with van der Waals surface area (Å²) in [5.74, 6) is 0.134. The number of allylic oxidation sites excluding steroid dienone is 1. The van der Waals surface area contributed by atoms with Gasteiger partial charge >= 0.3 is 0 Å². The minimum atomic E-state index is 0.134. The number of rotatable bonds is 2. The van der Waals surface area contributed by atoms with Crippen molar-refractivity contribution in [2.75, 3.05) is 0 Å². The van der Waals surface area contributed by atoms with Crippen molar-refractivity contribution in [2.24, 2.45) is 0 Å². The summed E-state index contributed by atoms with van der Waals surface area (Å²) in [6, 6.07) is 29.4. The summed E-state index contributed by atoms with van der Waals surface area (Å²) in [6.07, 6.45) is 0. The van der Waals surface area contributed by atoms with Crippen LogP contribution in [0.5, 0.6) is 0 Å². The standard InChI is InChI=1S/C21H15Cl/c22-21-19(15-9-3-1-4-10-15)17-13-7-8-14-18(17)20(21)16-11-5-2-6-12-16/h1-14,19H. The van der Waals surface area contributed by atoms with E-state index in [-0.39, 0.29) is 5.92 Å². The van der Waals surface area contributed by atoms with E-state index < -0.39 is 0 Å². The predicted molar refractivity (Wildman–Crippen MR) is 93.0 cm³/mol. The van der Waals surface area contributed by atoms with Gasteiger partial charge in [0, 0.05) is 16.5 Å². The maximum atomic E-state index is 6.86. The molecular formula is C21H15Cl. The van der Waals surface area contributed by atoms with Crippen molar-refractivity contribution in [3.63, 3.8) is 0 Å². The summed E-state index contributed by atoms with van der Waals surface area (Å²) in [4.78, 5) is 0. The Bertz CT molecular complexity index is 832. The highest BCUT2D eigenvalue weighted by Crippen LogP contribution is 2.49. The second-order valence-corrected chi connectivity index (χ2v) is 5.93. The Morgan fingerprint density at radius 1 is 0.636 bits per heavy atom. The molecule has 0 bridgehead atoms. The van der Waals surface area contributed by atoms with Crippen molar-refractivity contribution in [3.05, 3.63) is 112 Å². The summed E-state index contributed by atoms with van der Waals surface area (Å²) in [7, 11) is 0. The van der Waals surface area contributed by atoms with Crippen molar-refractivity contribution in [3.8, 4) is 0 Å². The van der Waals surface area contributed by atoms with Gasteiger partial charge in [0.15, 0.2) is 0 Å². The monoisotopic (exact) mass is 302 g/mol. The van der Waals surface area contributed by atoms with Crippen LogP contribution in [0.1, 0.15) is 28.2 Å². The van der Waals surface area contributed by atoms with E-state index in [1.54, 1.807) is 0 Å². The zero-order valence-electron chi connectivity index (χ0n) is 12.0. The van der Waals surface area contributed by atoms with Crippen LogP contribution in [0, 0.1) is 0 Å². The molecule has 0 amide bonds. The third-order valence-electron chi connectivity index (χ3n) is 4.23. The zero-order chi connectivity index (χ0) is 14.9. The molecule has 0 spiro atoms. The first-order chi connectivity index (χ1) is 10.9. The average molecular weight is 303 g/mol. The van der Waals surface area contributed by atoms with Gasteiger partial charge < -0.3 is 0 Å². The first-order valence-corrected chi connectivity index (χ1v) is 7.83. The van der Waals surface area contributed by atoms with E-state index in [9.17, 15) is 0 Å². The van der Waals surface area contributed by atoms with Gasteiger partial charge in [-0.15, -0.1) is 0 Å². The van der Waals surface area contributed by atoms with Crippen LogP contribution in [-0.4, -0.2) is 0 Å². The third-order valence-corrected chi connectivity index (χ3v) is 4.64. The van der Waals surface area contributed by atoms with Gasteiger partial charge in [-0.2, -0.15) is 0 Å². The van der Waals surface area contributed by atoms with Gasteiger partial charge in [-0.1, -0.05) is 96.5 Å². The molecule has 106 valence electrons. The molecule has 0 fully saturated rings. The zero-order valence-corrected chi connectivity index (χ0v) is 12.8. The van der Waals surface area contributed by atoms with E-state index >= 15 is 0 Å². The Balaban J connectivity index is 1.96. The molecule has 0 saturated carbocycles. The highest BCUT2D eigenvalue weighted by molar-refractivity contribution is 6.35. The fourth-order valence-corrected chi connectivity index (χ4v) is 3.71. The van der Waals surface area contributed by atoms with Crippen LogP contribution in [0.25, 0.3) is 5.57 Å². The minimum absolute atomic E-state index is 0.134. The second kappa shape index (κ2) is 5.47. The number of hydrogen-bond donors (Lipinski definition) is 0. The molecule has 0 aliphatic heterocycles. The third kappa shape index (κ3) is 2.08. The molecular weight excluding hydrogens is 288 g/mol. The van der Waals surface area contributed by atoms with Crippen LogP contribution in [0.15, 0.2) is 90.0 Å². The topological polar surface area (TPSA) is 0 Å². The molecule has 1 unspecified atom stereocenters. The van der Waals surface area contributed by atoms with Crippen LogP contribution in [0.3, 0.4) is 0 Å². The largest absolute Gasteiger partial charge is 0.0874 e. The molecule has 22 heavy (non-hydrogen) atoms. The number of halogens is 1. The molecule has 0 radical (unpaired) electrons. The van der Waals surface area contributed by atoms with E-state index in [0.717, 1.165) is 10.6 Å². The van der Waals surface area contributed by atoms with E-state index in [4.69, 9.17) is 11.6 Å². The first-order valence-electron chi connectivity index (χ1n) is 7.45. The van der Waals surface area contributed by atoms with Crippen LogP contribution in [0.2, 0.25) is 0 Å². The fourth-order valence-electron chi connectivity index (χ4n) is 3.26. The van der Waals surface area contributed by atoms with E-state index in [1.807, 2.05) is 12.1 Å². The van der Waals surface area contributed by atoms with Crippen LogP contribution in [-0.2, 0) is 0 Å². The Labute approximate surface area is 135 Å². The summed E-state index contributed by atoms with van der Waals surface area (Å²) in [6.45, 7) is 0. The Morgan fingerprint density at radius 2 is 1.23 bits per heavy atom. The van der Waals surface area contributed by atoms with Gasteiger partial charge in [0.1, 0.15) is 0 Å². The second-order valence-electron chi connectivity index (χ2n) is 5.52. The SMILES string of the molecule is ClC1=C(c2ccccc2)c2ccccc2C1c1ccccc1. The minimum Gasteiger partial charge on any atom is -0.0874 e.